The summed E-state index contributed by atoms with van der Waals surface area (Å²) in [7, 11) is 0. The summed E-state index contributed by atoms with van der Waals surface area (Å²) in [5, 5.41) is 0.688. The first-order valence-electron chi connectivity index (χ1n) is 5.48. The molecule has 1 atom stereocenters. The molecule has 0 aliphatic heterocycles. The van der Waals surface area contributed by atoms with Gasteiger partial charge >= 0.3 is 0 Å². The van der Waals surface area contributed by atoms with E-state index in [1.165, 1.54) is 3.57 Å². The van der Waals surface area contributed by atoms with Crippen LogP contribution in [0.2, 0.25) is 5.02 Å². The molecule has 0 aliphatic carbocycles. The largest absolute Gasteiger partial charge is 0.455 e. The quantitative estimate of drug-likeness (QED) is 0.568. The zero-order chi connectivity index (χ0) is 13.0. The maximum atomic E-state index is 5.81. The normalized spacial score (nSPS) is 11.9. The van der Waals surface area contributed by atoms with Crippen molar-refractivity contribution in [2.24, 2.45) is 0 Å². The third-order valence-electron chi connectivity index (χ3n) is 2.23. The fourth-order valence-electron chi connectivity index (χ4n) is 1.43. The van der Waals surface area contributed by atoms with Crippen LogP contribution < -0.4 is 9.47 Å². The van der Waals surface area contributed by atoms with E-state index in [1.807, 2.05) is 43.3 Å². The van der Waals surface area contributed by atoms with Crippen molar-refractivity contribution in [1.82, 2.24) is 0 Å². The summed E-state index contributed by atoms with van der Waals surface area (Å²) in [5.41, 5.74) is 0. The molecular formula is C14H12ClIO2. The lowest BCUT2D eigenvalue weighted by Gasteiger charge is -2.16. The molecule has 2 rings (SSSR count). The van der Waals surface area contributed by atoms with Gasteiger partial charge < -0.3 is 9.47 Å². The molecule has 0 radical (unpaired) electrons. The van der Waals surface area contributed by atoms with E-state index in [0.29, 0.717) is 5.02 Å². The number of benzene rings is 2. The third-order valence-corrected chi connectivity index (χ3v) is 3.20. The SMILES string of the molecule is CC(Oc1ccc(Cl)cc1)Oc1ccc(I)cc1. The van der Waals surface area contributed by atoms with Crippen molar-refractivity contribution in [2.45, 2.75) is 13.2 Å². The molecular weight excluding hydrogens is 363 g/mol. The first kappa shape index (κ1) is 13.5. The highest BCUT2D eigenvalue weighted by atomic mass is 127. The van der Waals surface area contributed by atoms with Crippen LogP contribution in [0.3, 0.4) is 0 Å². The molecule has 0 amide bonds. The van der Waals surface area contributed by atoms with Gasteiger partial charge in [-0.2, -0.15) is 0 Å². The highest BCUT2D eigenvalue weighted by Crippen LogP contribution is 2.19. The van der Waals surface area contributed by atoms with Crippen LogP contribution >= 0.6 is 34.2 Å². The second kappa shape index (κ2) is 6.29. The van der Waals surface area contributed by atoms with Gasteiger partial charge in [-0.1, -0.05) is 11.6 Å². The Hall–Kier alpha value is -0.940. The standard InChI is InChI=1S/C14H12ClIO2/c1-10(17-13-6-2-11(15)3-7-13)18-14-8-4-12(16)5-9-14/h2-10H,1H3. The Kier molecular flexibility index (Phi) is 4.72. The number of hydrogen-bond donors (Lipinski definition) is 0. The molecule has 0 spiro atoms. The number of ether oxygens (including phenoxy) is 2. The Morgan fingerprint density at radius 2 is 1.33 bits per heavy atom. The van der Waals surface area contributed by atoms with E-state index >= 15 is 0 Å². The van der Waals surface area contributed by atoms with Crippen molar-refractivity contribution in [3.05, 3.63) is 57.1 Å². The molecule has 0 aromatic heterocycles. The van der Waals surface area contributed by atoms with Gasteiger partial charge in [0.05, 0.1) is 0 Å². The molecule has 0 saturated heterocycles. The van der Waals surface area contributed by atoms with Crippen LogP contribution in [0.25, 0.3) is 0 Å². The fraction of sp³-hybridized carbons (Fsp3) is 0.143. The van der Waals surface area contributed by atoms with E-state index in [4.69, 9.17) is 21.1 Å². The Balaban J connectivity index is 1.94. The second-order valence-electron chi connectivity index (χ2n) is 3.71. The maximum Gasteiger partial charge on any atom is 0.238 e. The van der Waals surface area contributed by atoms with Gasteiger partial charge in [0.25, 0.3) is 0 Å². The molecule has 1 unspecified atom stereocenters. The van der Waals surface area contributed by atoms with Gasteiger partial charge in [-0.15, -0.1) is 0 Å². The predicted molar refractivity (Wildman–Crippen MR) is 81.3 cm³/mol. The molecule has 0 saturated carbocycles. The fourth-order valence-corrected chi connectivity index (χ4v) is 1.92. The minimum Gasteiger partial charge on any atom is -0.455 e. The van der Waals surface area contributed by atoms with Crippen LogP contribution in [0, 0.1) is 3.57 Å². The second-order valence-corrected chi connectivity index (χ2v) is 5.39. The average Bonchev–Trinajstić information content (AvgIpc) is 2.35. The van der Waals surface area contributed by atoms with Crippen LogP contribution in [0.1, 0.15) is 6.92 Å². The Labute approximate surface area is 125 Å². The summed E-state index contributed by atoms with van der Waals surface area (Å²) < 4.78 is 12.4. The summed E-state index contributed by atoms with van der Waals surface area (Å²) in [6.45, 7) is 1.85. The van der Waals surface area contributed by atoms with Crippen molar-refractivity contribution in [2.75, 3.05) is 0 Å². The summed E-state index contributed by atoms with van der Waals surface area (Å²) in [6.07, 6.45) is -0.355. The molecule has 0 fully saturated rings. The van der Waals surface area contributed by atoms with Crippen molar-refractivity contribution in [3.63, 3.8) is 0 Å². The minimum atomic E-state index is -0.355. The molecule has 4 heteroatoms. The van der Waals surface area contributed by atoms with Crippen LogP contribution in [-0.4, -0.2) is 6.29 Å². The van der Waals surface area contributed by atoms with Crippen molar-refractivity contribution < 1.29 is 9.47 Å². The van der Waals surface area contributed by atoms with E-state index in [0.717, 1.165) is 11.5 Å². The molecule has 2 aromatic carbocycles. The van der Waals surface area contributed by atoms with E-state index in [-0.39, 0.29) is 6.29 Å². The van der Waals surface area contributed by atoms with Crippen molar-refractivity contribution in [3.8, 4) is 11.5 Å². The molecule has 2 aromatic rings. The van der Waals surface area contributed by atoms with Gasteiger partial charge in [-0.3, -0.25) is 0 Å². The molecule has 94 valence electrons. The lowest BCUT2D eigenvalue weighted by atomic mass is 10.3. The van der Waals surface area contributed by atoms with E-state index in [9.17, 15) is 0 Å². The lowest BCUT2D eigenvalue weighted by molar-refractivity contribution is 0.0223. The maximum absolute atomic E-state index is 5.81. The van der Waals surface area contributed by atoms with Gasteiger partial charge in [0.1, 0.15) is 11.5 Å². The first-order chi connectivity index (χ1) is 8.63. The summed E-state index contributed by atoms with van der Waals surface area (Å²) >= 11 is 8.06. The van der Waals surface area contributed by atoms with Gasteiger partial charge in [-0.05, 0) is 71.1 Å². The zero-order valence-corrected chi connectivity index (χ0v) is 12.7. The van der Waals surface area contributed by atoms with E-state index in [1.54, 1.807) is 12.1 Å². The molecule has 18 heavy (non-hydrogen) atoms. The molecule has 0 aliphatic rings. The van der Waals surface area contributed by atoms with Gasteiger partial charge in [0.15, 0.2) is 0 Å². The monoisotopic (exact) mass is 374 g/mol. The third kappa shape index (κ3) is 4.07. The highest BCUT2D eigenvalue weighted by Gasteiger charge is 2.05. The van der Waals surface area contributed by atoms with Gasteiger partial charge in [0, 0.05) is 15.5 Å². The Morgan fingerprint density at radius 1 is 0.889 bits per heavy atom. The van der Waals surface area contributed by atoms with Crippen LogP contribution in [-0.2, 0) is 0 Å². The summed E-state index contributed by atoms with van der Waals surface area (Å²) in [4.78, 5) is 0. The molecule has 0 bridgehead atoms. The highest BCUT2D eigenvalue weighted by molar-refractivity contribution is 14.1. The van der Waals surface area contributed by atoms with Crippen molar-refractivity contribution in [1.29, 1.82) is 0 Å². The average molecular weight is 375 g/mol. The summed E-state index contributed by atoms with van der Waals surface area (Å²) in [6, 6.07) is 15.0. The molecule has 2 nitrogen and oxygen atoms in total. The van der Waals surface area contributed by atoms with Crippen LogP contribution in [0.5, 0.6) is 11.5 Å². The van der Waals surface area contributed by atoms with Gasteiger partial charge in [0.2, 0.25) is 6.29 Å². The van der Waals surface area contributed by atoms with Crippen molar-refractivity contribution >= 4 is 34.2 Å². The predicted octanol–water partition coefficient (Wildman–Crippen LogP) is 4.75. The molecule has 0 heterocycles. The first-order valence-corrected chi connectivity index (χ1v) is 6.93. The summed E-state index contributed by atoms with van der Waals surface area (Å²) in [5.74, 6) is 1.52. The van der Waals surface area contributed by atoms with E-state index in [2.05, 4.69) is 22.6 Å². The zero-order valence-electron chi connectivity index (χ0n) is 9.77. The van der Waals surface area contributed by atoms with E-state index < -0.39 is 0 Å². The van der Waals surface area contributed by atoms with Crippen LogP contribution in [0.15, 0.2) is 48.5 Å². The number of hydrogen-bond acceptors (Lipinski definition) is 2. The Morgan fingerprint density at radius 3 is 1.83 bits per heavy atom. The smallest absolute Gasteiger partial charge is 0.238 e. The number of halogens is 2. The molecule has 0 N–H and O–H groups in total. The number of rotatable bonds is 4. The Bertz CT molecular complexity index is 449. The van der Waals surface area contributed by atoms with Crippen LogP contribution in [0.4, 0.5) is 0 Å². The topological polar surface area (TPSA) is 18.5 Å². The lowest BCUT2D eigenvalue weighted by Crippen LogP contribution is -2.19. The van der Waals surface area contributed by atoms with Gasteiger partial charge in [-0.25, -0.2) is 0 Å². The minimum absolute atomic E-state index is 0.355.